The zero-order valence-electron chi connectivity index (χ0n) is 12.3. The Kier molecular flexibility index (Phi) is 4.45. The highest BCUT2D eigenvalue weighted by Crippen LogP contribution is 2.30. The largest absolute Gasteiger partial charge is 0.389 e. The van der Waals surface area contributed by atoms with Crippen LogP contribution in [0, 0.1) is 0 Å². The second-order valence-electron chi connectivity index (χ2n) is 7.06. The zero-order chi connectivity index (χ0) is 13.1. The van der Waals surface area contributed by atoms with Gasteiger partial charge in [-0.3, -0.25) is 9.80 Å². The van der Waals surface area contributed by atoms with Crippen LogP contribution >= 0.6 is 0 Å². The van der Waals surface area contributed by atoms with Crippen molar-refractivity contribution in [3.05, 3.63) is 0 Å². The number of β-amino-alcohol motifs (C(OH)–C–C–N with tert-alkyl or cyclic N) is 1. The van der Waals surface area contributed by atoms with Crippen molar-refractivity contribution >= 4 is 0 Å². The van der Waals surface area contributed by atoms with E-state index in [0.717, 1.165) is 25.4 Å². The molecule has 1 saturated carbocycles. The lowest BCUT2D eigenvalue weighted by molar-refractivity contribution is -0.0228. The van der Waals surface area contributed by atoms with Crippen LogP contribution in [0.2, 0.25) is 0 Å². The van der Waals surface area contributed by atoms with E-state index in [2.05, 4.69) is 9.80 Å². The summed E-state index contributed by atoms with van der Waals surface area (Å²) >= 11 is 0. The third-order valence-electron chi connectivity index (χ3n) is 5.46. The van der Waals surface area contributed by atoms with Crippen LogP contribution in [0.25, 0.3) is 0 Å². The standard InChI is InChI=1S/C16H30N2O/c19-16(8-3-1-4-9-16)14-17-12-7-15(13-17)18-10-5-2-6-11-18/h15,19H,1-14H2. The fourth-order valence-electron chi connectivity index (χ4n) is 4.32. The van der Waals surface area contributed by atoms with E-state index in [0.29, 0.717) is 0 Å². The molecule has 2 heterocycles. The molecule has 1 unspecified atom stereocenters. The first-order valence-electron chi connectivity index (χ1n) is 8.44. The van der Waals surface area contributed by atoms with E-state index in [1.807, 2.05) is 0 Å². The van der Waals surface area contributed by atoms with Gasteiger partial charge in [0.1, 0.15) is 0 Å². The molecule has 0 amide bonds. The fourth-order valence-corrected chi connectivity index (χ4v) is 4.32. The normalized spacial score (nSPS) is 33.6. The van der Waals surface area contributed by atoms with Crippen LogP contribution in [-0.4, -0.2) is 59.3 Å². The number of piperidine rings is 1. The highest BCUT2D eigenvalue weighted by atomic mass is 16.3. The van der Waals surface area contributed by atoms with Gasteiger partial charge in [-0.1, -0.05) is 25.7 Å². The van der Waals surface area contributed by atoms with Gasteiger partial charge in [-0.05, 0) is 51.7 Å². The van der Waals surface area contributed by atoms with Gasteiger partial charge >= 0.3 is 0 Å². The summed E-state index contributed by atoms with van der Waals surface area (Å²) in [6.07, 6.45) is 11.3. The second kappa shape index (κ2) is 6.11. The van der Waals surface area contributed by atoms with E-state index in [1.54, 1.807) is 0 Å². The highest BCUT2D eigenvalue weighted by Gasteiger charge is 2.35. The van der Waals surface area contributed by atoms with Crippen LogP contribution < -0.4 is 0 Å². The summed E-state index contributed by atoms with van der Waals surface area (Å²) < 4.78 is 0. The Hall–Kier alpha value is -0.120. The van der Waals surface area contributed by atoms with Gasteiger partial charge in [0.25, 0.3) is 0 Å². The maximum Gasteiger partial charge on any atom is 0.0774 e. The van der Waals surface area contributed by atoms with E-state index < -0.39 is 0 Å². The molecule has 1 N–H and O–H groups in total. The van der Waals surface area contributed by atoms with E-state index in [4.69, 9.17) is 0 Å². The van der Waals surface area contributed by atoms with Crippen LogP contribution in [0.4, 0.5) is 0 Å². The fraction of sp³-hybridized carbons (Fsp3) is 1.00. The molecule has 3 fully saturated rings. The van der Waals surface area contributed by atoms with Gasteiger partial charge in [0, 0.05) is 19.1 Å². The van der Waals surface area contributed by atoms with Crippen LogP contribution in [0.1, 0.15) is 57.8 Å². The molecule has 1 aliphatic carbocycles. The van der Waals surface area contributed by atoms with Crippen molar-refractivity contribution in [2.24, 2.45) is 0 Å². The topological polar surface area (TPSA) is 26.7 Å². The number of hydrogen-bond donors (Lipinski definition) is 1. The first-order chi connectivity index (χ1) is 9.25. The van der Waals surface area contributed by atoms with Crippen LogP contribution in [-0.2, 0) is 0 Å². The molecule has 19 heavy (non-hydrogen) atoms. The molecule has 2 aliphatic heterocycles. The van der Waals surface area contributed by atoms with Gasteiger partial charge in [-0.25, -0.2) is 0 Å². The van der Waals surface area contributed by atoms with Crippen LogP contribution in [0.5, 0.6) is 0 Å². The molecule has 3 heteroatoms. The molecule has 2 saturated heterocycles. The maximum absolute atomic E-state index is 10.7. The number of hydrogen-bond acceptors (Lipinski definition) is 3. The van der Waals surface area contributed by atoms with Gasteiger partial charge in [0.05, 0.1) is 5.60 Å². The first kappa shape index (κ1) is 13.8. The minimum atomic E-state index is -0.366. The third-order valence-corrected chi connectivity index (χ3v) is 5.46. The average molecular weight is 266 g/mol. The Morgan fingerprint density at radius 3 is 2.32 bits per heavy atom. The summed E-state index contributed by atoms with van der Waals surface area (Å²) in [5.41, 5.74) is -0.366. The average Bonchev–Trinajstić information content (AvgIpc) is 2.88. The highest BCUT2D eigenvalue weighted by molar-refractivity contribution is 4.91. The van der Waals surface area contributed by atoms with E-state index >= 15 is 0 Å². The summed E-state index contributed by atoms with van der Waals surface area (Å²) in [5, 5.41) is 10.7. The van der Waals surface area contributed by atoms with Crippen molar-refractivity contribution < 1.29 is 5.11 Å². The van der Waals surface area contributed by atoms with Gasteiger partial charge in [-0.2, -0.15) is 0 Å². The molecule has 110 valence electrons. The number of rotatable bonds is 3. The van der Waals surface area contributed by atoms with Crippen LogP contribution in [0.3, 0.4) is 0 Å². The molecule has 3 aliphatic rings. The van der Waals surface area contributed by atoms with Crippen molar-refractivity contribution in [1.82, 2.24) is 9.80 Å². The first-order valence-corrected chi connectivity index (χ1v) is 8.44. The van der Waals surface area contributed by atoms with Gasteiger partial charge in [0.2, 0.25) is 0 Å². The van der Waals surface area contributed by atoms with Crippen molar-refractivity contribution in [1.29, 1.82) is 0 Å². The molecular weight excluding hydrogens is 236 g/mol. The van der Waals surface area contributed by atoms with Gasteiger partial charge < -0.3 is 5.11 Å². The summed E-state index contributed by atoms with van der Waals surface area (Å²) in [5.74, 6) is 0. The number of nitrogens with zero attached hydrogens (tertiary/aromatic N) is 2. The zero-order valence-corrected chi connectivity index (χ0v) is 12.3. The molecule has 0 spiro atoms. The van der Waals surface area contributed by atoms with E-state index in [-0.39, 0.29) is 5.60 Å². The third kappa shape index (κ3) is 3.50. The van der Waals surface area contributed by atoms with Crippen molar-refractivity contribution in [2.75, 3.05) is 32.7 Å². The molecule has 3 rings (SSSR count). The lowest BCUT2D eigenvalue weighted by atomic mass is 9.84. The maximum atomic E-state index is 10.7. The Balaban J connectivity index is 1.48. The Morgan fingerprint density at radius 1 is 0.895 bits per heavy atom. The molecule has 3 nitrogen and oxygen atoms in total. The lowest BCUT2D eigenvalue weighted by Gasteiger charge is -2.36. The molecule has 0 radical (unpaired) electrons. The van der Waals surface area contributed by atoms with Gasteiger partial charge in [-0.15, -0.1) is 0 Å². The Labute approximate surface area is 118 Å². The predicted octanol–water partition coefficient (Wildman–Crippen LogP) is 2.24. The SMILES string of the molecule is OC1(CN2CCC(N3CCCCC3)C2)CCCCC1. The van der Waals surface area contributed by atoms with Crippen molar-refractivity contribution in [3.8, 4) is 0 Å². The second-order valence-corrected chi connectivity index (χ2v) is 7.06. The van der Waals surface area contributed by atoms with E-state index in [9.17, 15) is 5.11 Å². The summed E-state index contributed by atoms with van der Waals surface area (Å²) in [4.78, 5) is 5.24. The van der Waals surface area contributed by atoms with E-state index in [1.165, 1.54) is 71.1 Å². The molecule has 0 bridgehead atoms. The summed E-state index contributed by atoms with van der Waals surface area (Å²) in [7, 11) is 0. The van der Waals surface area contributed by atoms with Crippen LogP contribution in [0.15, 0.2) is 0 Å². The monoisotopic (exact) mass is 266 g/mol. The van der Waals surface area contributed by atoms with Gasteiger partial charge in [0.15, 0.2) is 0 Å². The minimum Gasteiger partial charge on any atom is -0.389 e. The molecular formula is C16H30N2O. The molecule has 0 aromatic heterocycles. The summed E-state index contributed by atoms with van der Waals surface area (Å²) in [6.45, 7) is 5.94. The Morgan fingerprint density at radius 2 is 1.58 bits per heavy atom. The number of aliphatic hydroxyl groups is 1. The molecule has 1 atom stereocenters. The quantitative estimate of drug-likeness (QED) is 0.848. The number of likely N-dealkylation sites (tertiary alicyclic amines) is 2. The molecule has 0 aromatic rings. The smallest absolute Gasteiger partial charge is 0.0774 e. The lowest BCUT2D eigenvalue weighted by Crippen LogP contribution is -2.45. The predicted molar refractivity (Wildman–Crippen MR) is 78.3 cm³/mol. The minimum absolute atomic E-state index is 0.366. The molecule has 0 aromatic carbocycles. The van der Waals surface area contributed by atoms with Crippen molar-refractivity contribution in [2.45, 2.75) is 69.4 Å². The van der Waals surface area contributed by atoms with Crippen molar-refractivity contribution in [3.63, 3.8) is 0 Å². The summed E-state index contributed by atoms with van der Waals surface area (Å²) in [6, 6.07) is 0.771. The Bertz CT molecular complexity index is 282.